The van der Waals surface area contributed by atoms with E-state index in [1.165, 1.54) is 0 Å². The summed E-state index contributed by atoms with van der Waals surface area (Å²) in [4.78, 5) is 0. The molecule has 0 spiro atoms. The number of hydrogen-bond acceptors (Lipinski definition) is 4. The maximum absolute atomic E-state index is 12.4. The van der Waals surface area contributed by atoms with Gasteiger partial charge in [0.05, 0.1) is 6.10 Å². The fourth-order valence-electron chi connectivity index (χ4n) is 1.89. The highest BCUT2D eigenvalue weighted by Gasteiger charge is 2.42. The van der Waals surface area contributed by atoms with Crippen molar-refractivity contribution in [2.75, 3.05) is 6.61 Å². The lowest BCUT2D eigenvalue weighted by Gasteiger charge is -2.40. The summed E-state index contributed by atoms with van der Waals surface area (Å²) in [6.07, 6.45) is -0.229. The molecule has 0 N–H and O–H groups in total. The quantitative estimate of drug-likeness (QED) is 0.578. The smallest absolute Gasteiger partial charge is 0.191 e. The minimum atomic E-state index is -1.91. The van der Waals surface area contributed by atoms with Crippen molar-refractivity contribution < 1.29 is 19.0 Å². The Bertz CT molecular complexity index is 346. The highest BCUT2D eigenvalue weighted by molar-refractivity contribution is 6.74. The second-order valence-corrected chi connectivity index (χ2v) is 12.2. The van der Waals surface area contributed by atoms with E-state index in [4.69, 9.17) is 13.9 Å². The third-order valence-corrected chi connectivity index (χ3v) is 8.68. The summed E-state index contributed by atoms with van der Waals surface area (Å²) in [7, 11) is -1.91. The molecule has 1 aliphatic heterocycles. The molecule has 0 aromatic heterocycles. The Labute approximate surface area is 124 Å². The monoisotopic (exact) mass is 301 g/mol. The molecule has 1 rings (SSSR count). The SMILES string of the molecule is C=C[C@H]1OC(C)(C)O[C@H]1[C@H]([O-])CO[Si](C)(C)C(C)(C)C. The normalized spacial score (nSPS) is 28.4. The molecule has 1 heterocycles. The van der Waals surface area contributed by atoms with Gasteiger partial charge in [0.25, 0.3) is 0 Å². The van der Waals surface area contributed by atoms with Crippen LogP contribution in [0.5, 0.6) is 0 Å². The average molecular weight is 301 g/mol. The van der Waals surface area contributed by atoms with Gasteiger partial charge in [0.15, 0.2) is 14.1 Å². The first kappa shape index (κ1) is 17.8. The van der Waals surface area contributed by atoms with Crippen LogP contribution in [0.2, 0.25) is 18.1 Å². The average Bonchev–Trinajstić information content (AvgIpc) is 2.60. The first-order chi connectivity index (χ1) is 8.89. The van der Waals surface area contributed by atoms with Crippen molar-refractivity contribution in [3.8, 4) is 0 Å². The predicted octanol–water partition coefficient (Wildman–Crippen LogP) is 2.44. The van der Waals surface area contributed by atoms with Gasteiger partial charge in [-0.15, -0.1) is 6.58 Å². The molecule has 1 aliphatic rings. The fourth-order valence-corrected chi connectivity index (χ4v) is 2.90. The van der Waals surface area contributed by atoms with Gasteiger partial charge in [-0.2, -0.15) is 0 Å². The Morgan fingerprint density at radius 1 is 1.35 bits per heavy atom. The Morgan fingerprint density at radius 3 is 2.35 bits per heavy atom. The van der Waals surface area contributed by atoms with Gasteiger partial charge in [0.1, 0.15) is 6.10 Å². The Kier molecular flexibility index (Phi) is 5.25. The van der Waals surface area contributed by atoms with Gasteiger partial charge in [0, 0.05) is 6.61 Å². The predicted molar refractivity (Wildman–Crippen MR) is 81.0 cm³/mol. The maximum atomic E-state index is 12.4. The van der Waals surface area contributed by atoms with Crippen LogP contribution in [0.25, 0.3) is 0 Å². The van der Waals surface area contributed by atoms with Crippen molar-refractivity contribution in [2.45, 2.75) is 76.8 Å². The summed E-state index contributed by atoms with van der Waals surface area (Å²) in [5, 5.41) is 12.5. The lowest BCUT2D eigenvalue weighted by molar-refractivity contribution is -0.444. The zero-order valence-electron chi connectivity index (χ0n) is 13.9. The third-order valence-electron chi connectivity index (χ3n) is 4.18. The standard InChI is InChI=1S/C15H29O4Si/c1-9-12-13(19-15(5,6)18-12)11(16)10-17-20(7,8)14(2,3)4/h9,11-13H,1,10H2,2-8H3/q-1/t11-,12-,13+/m1/s1. The molecule has 0 aliphatic carbocycles. The first-order valence-corrected chi connectivity index (χ1v) is 10.1. The minimum absolute atomic E-state index is 0.0941. The zero-order valence-corrected chi connectivity index (χ0v) is 14.9. The van der Waals surface area contributed by atoms with Gasteiger partial charge < -0.3 is 19.0 Å². The van der Waals surface area contributed by atoms with Crippen LogP contribution in [-0.4, -0.2) is 39.0 Å². The van der Waals surface area contributed by atoms with Crippen molar-refractivity contribution in [2.24, 2.45) is 0 Å². The molecule has 0 aromatic rings. The molecule has 4 nitrogen and oxygen atoms in total. The summed E-state index contributed by atoms with van der Waals surface area (Å²) >= 11 is 0. The van der Waals surface area contributed by atoms with Crippen LogP contribution in [0.15, 0.2) is 12.7 Å². The fraction of sp³-hybridized carbons (Fsp3) is 0.867. The van der Waals surface area contributed by atoms with E-state index in [0.717, 1.165) is 0 Å². The van der Waals surface area contributed by atoms with E-state index in [1.807, 2.05) is 13.8 Å². The van der Waals surface area contributed by atoms with Crippen LogP contribution < -0.4 is 5.11 Å². The van der Waals surface area contributed by atoms with Gasteiger partial charge in [-0.05, 0) is 32.0 Å². The van der Waals surface area contributed by atoms with Crippen LogP contribution in [0.3, 0.4) is 0 Å². The van der Waals surface area contributed by atoms with Crippen LogP contribution >= 0.6 is 0 Å². The molecule has 0 amide bonds. The van der Waals surface area contributed by atoms with Crippen LogP contribution in [-0.2, 0) is 13.9 Å². The molecule has 0 radical (unpaired) electrons. The highest BCUT2D eigenvalue weighted by atomic mass is 28.4. The molecule has 0 bridgehead atoms. The highest BCUT2D eigenvalue weighted by Crippen LogP contribution is 2.37. The van der Waals surface area contributed by atoms with Gasteiger partial charge >= 0.3 is 0 Å². The van der Waals surface area contributed by atoms with Crippen molar-refractivity contribution in [1.29, 1.82) is 0 Å². The molecule has 5 heteroatoms. The lowest BCUT2D eigenvalue weighted by atomic mass is 10.1. The number of rotatable bonds is 5. The molecule has 0 unspecified atom stereocenters. The summed E-state index contributed by atoms with van der Waals surface area (Å²) in [5.74, 6) is -0.733. The maximum Gasteiger partial charge on any atom is 0.191 e. The van der Waals surface area contributed by atoms with Crippen molar-refractivity contribution in [3.63, 3.8) is 0 Å². The van der Waals surface area contributed by atoms with Gasteiger partial charge in [-0.3, -0.25) is 0 Å². The van der Waals surface area contributed by atoms with Gasteiger partial charge in [0.2, 0.25) is 0 Å². The van der Waals surface area contributed by atoms with Gasteiger partial charge in [-0.1, -0.05) is 33.0 Å². The first-order valence-electron chi connectivity index (χ1n) is 7.17. The summed E-state index contributed by atoms with van der Waals surface area (Å²) in [5.41, 5.74) is 0. The number of hydrogen-bond donors (Lipinski definition) is 0. The van der Waals surface area contributed by atoms with E-state index in [9.17, 15) is 5.11 Å². The number of ether oxygens (including phenoxy) is 2. The Hall–Kier alpha value is -0.203. The van der Waals surface area contributed by atoms with E-state index in [1.54, 1.807) is 6.08 Å². The molecule has 1 fully saturated rings. The van der Waals surface area contributed by atoms with Crippen molar-refractivity contribution >= 4 is 8.32 Å². The summed E-state index contributed by atoms with van der Waals surface area (Å²) < 4.78 is 17.3. The van der Waals surface area contributed by atoms with Crippen LogP contribution in [0.1, 0.15) is 34.6 Å². The van der Waals surface area contributed by atoms with E-state index < -0.39 is 26.3 Å². The molecular formula is C15H29O4Si-. The lowest BCUT2D eigenvalue weighted by Crippen LogP contribution is -2.51. The summed E-state index contributed by atoms with van der Waals surface area (Å²) in [6.45, 7) is 18.2. The minimum Gasteiger partial charge on any atom is -0.848 e. The second-order valence-electron chi connectivity index (χ2n) is 7.41. The molecule has 20 heavy (non-hydrogen) atoms. The van der Waals surface area contributed by atoms with Crippen LogP contribution in [0.4, 0.5) is 0 Å². The molecule has 0 saturated carbocycles. The largest absolute Gasteiger partial charge is 0.848 e. The van der Waals surface area contributed by atoms with Crippen LogP contribution in [0, 0.1) is 0 Å². The Balaban J connectivity index is 2.63. The van der Waals surface area contributed by atoms with Crippen molar-refractivity contribution in [1.82, 2.24) is 0 Å². The third kappa shape index (κ3) is 4.15. The molecule has 0 aromatic carbocycles. The van der Waals surface area contributed by atoms with E-state index in [2.05, 4.69) is 40.4 Å². The second kappa shape index (κ2) is 5.89. The van der Waals surface area contributed by atoms with E-state index >= 15 is 0 Å². The van der Waals surface area contributed by atoms with Gasteiger partial charge in [-0.25, -0.2) is 0 Å². The molecule has 3 atom stereocenters. The molecule has 118 valence electrons. The van der Waals surface area contributed by atoms with Crippen molar-refractivity contribution in [3.05, 3.63) is 12.7 Å². The van der Waals surface area contributed by atoms with E-state index in [0.29, 0.717) is 0 Å². The topological polar surface area (TPSA) is 50.8 Å². The molecular weight excluding hydrogens is 272 g/mol. The van der Waals surface area contributed by atoms with E-state index in [-0.39, 0.29) is 17.7 Å². The Morgan fingerprint density at radius 2 is 1.90 bits per heavy atom. The zero-order chi connectivity index (χ0) is 15.8. The molecule has 1 saturated heterocycles. The summed E-state index contributed by atoms with van der Waals surface area (Å²) in [6, 6.07) is 0.